The molecular formula is C18H17FN6O2. The zero-order valence-corrected chi connectivity index (χ0v) is 14.6. The zero-order chi connectivity index (χ0) is 18.6. The van der Waals surface area contributed by atoms with Crippen molar-refractivity contribution in [3.8, 4) is 5.88 Å². The van der Waals surface area contributed by atoms with Crippen molar-refractivity contribution in [1.82, 2.24) is 24.9 Å². The summed E-state index contributed by atoms with van der Waals surface area (Å²) >= 11 is 0. The Morgan fingerprint density at radius 3 is 3.04 bits per heavy atom. The van der Waals surface area contributed by atoms with E-state index in [4.69, 9.17) is 4.74 Å². The van der Waals surface area contributed by atoms with Gasteiger partial charge in [0.05, 0.1) is 24.0 Å². The molecule has 0 radical (unpaired) electrons. The largest absolute Gasteiger partial charge is 0.475 e. The SMILES string of the molecule is C[C@@H]1COc2ncc(F)cc2C2(CC2)Nc2ccn3ncc(c3n2)C(=O)N1. The van der Waals surface area contributed by atoms with Crippen LogP contribution in [-0.4, -0.2) is 38.1 Å². The molecule has 138 valence electrons. The third-order valence-electron chi connectivity index (χ3n) is 4.91. The minimum absolute atomic E-state index is 0.211. The predicted molar refractivity (Wildman–Crippen MR) is 94.1 cm³/mol. The molecule has 8 nitrogen and oxygen atoms in total. The maximum Gasteiger partial charge on any atom is 0.257 e. The summed E-state index contributed by atoms with van der Waals surface area (Å²) < 4.78 is 21.3. The van der Waals surface area contributed by atoms with Crippen LogP contribution in [0.1, 0.15) is 35.7 Å². The maximum absolute atomic E-state index is 13.9. The summed E-state index contributed by atoms with van der Waals surface area (Å²) in [6, 6.07) is 2.95. The van der Waals surface area contributed by atoms with E-state index in [1.54, 1.807) is 16.8 Å². The molecule has 9 heteroatoms. The number of pyridine rings is 1. The zero-order valence-electron chi connectivity index (χ0n) is 14.6. The Balaban J connectivity index is 1.66. The molecule has 5 rings (SSSR count). The molecule has 1 atom stereocenters. The van der Waals surface area contributed by atoms with Crippen LogP contribution in [0, 0.1) is 5.82 Å². The fourth-order valence-electron chi connectivity index (χ4n) is 3.36. The summed E-state index contributed by atoms with van der Waals surface area (Å²) in [5.74, 6) is 0.249. The summed E-state index contributed by atoms with van der Waals surface area (Å²) in [5.41, 5.74) is 1.02. The van der Waals surface area contributed by atoms with E-state index in [1.807, 2.05) is 6.92 Å². The lowest BCUT2D eigenvalue weighted by molar-refractivity contribution is 0.0927. The van der Waals surface area contributed by atoms with Crippen LogP contribution in [0.3, 0.4) is 0 Å². The van der Waals surface area contributed by atoms with Crippen molar-refractivity contribution in [2.75, 3.05) is 11.9 Å². The van der Waals surface area contributed by atoms with E-state index < -0.39 is 11.4 Å². The number of rotatable bonds is 0. The molecule has 1 aliphatic heterocycles. The highest BCUT2D eigenvalue weighted by atomic mass is 19.1. The second-order valence-corrected chi connectivity index (χ2v) is 7.04. The number of anilines is 1. The molecule has 27 heavy (non-hydrogen) atoms. The molecule has 3 aromatic heterocycles. The molecule has 2 bridgehead atoms. The second-order valence-electron chi connectivity index (χ2n) is 7.04. The molecule has 1 fully saturated rings. The summed E-state index contributed by atoms with van der Waals surface area (Å²) in [7, 11) is 0. The monoisotopic (exact) mass is 368 g/mol. The number of amides is 1. The number of fused-ring (bicyclic) bond motifs is 3. The van der Waals surface area contributed by atoms with Gasteiger partial charge in [-0.15, -0.1) is 0 Å². The molecule has 2 N–H and O–H groups in total. The molecule has 0 unspecified atom stereocenters. The van der Waals surface area contributed by atoms with E-state index in [-0.39, 0.29) is 18.6 Å². The Morgan fingerprint density at radius 1 is 1.37 bits per heavy atom. The number of ether oxygens (including phenoxy) is 1. The third-order valence-corrected chi connectivity index (χ3v) is 4.91. The van der Waals surface area contributed by atoms with E-state index in [1.165, 1.54) is 12.3 Å². The Kier molecular flexibility index (Phi) is 3.33. The quantitative estimate of drug-likeness (QED) is 0.629. The van der Waals surface area contributed by atoms with E-state index >= 15 is 0 Å². The lowest BCUT2D eigenvalue weighted by Crippen LogP contribution is -2.37. The number of carbonyl (C=O) groups is 1. The fraction of sp³-hybridized carbons (Fsp3) is 0.333. The Morgan fingerprint density at radius 2 is 2.22 bits per heavy atom. The molecular weight excluding hydrogens is 351 g/mol. The average molecular weight is 368 g/mol. The van der Waals surface area contributed by atoms with Gasteiger partial charge in [0.2, 0.25) is 5.88 Å². The Labute approximate surface area is 153 Å². The Hall–Kier alpha value is -3.23. The van der Waals surface area contributed by atoms with Gasteiger partial charge in [-0.2, -0.15) is 5.10 Å². The molecule has 0 aromatic carbocycles. The van der Waals surface area contributed by atoms with Crippen molar-refractivity contribution in [3.05, 3.63) is 47.7 Å². The van der Waals surface area contributed by atoms with Gasteiger partial charge >= 0.3 is 0 Å². The van der Waals surface area contributed by atoms with E-state index in [9.17, 15) is 9.18 Å². The van der Waals surface area contributed by atoms with Gasteiger partial charge in [-0.05, 0) is 31.9 Å². The number of carbonyl (C=O) groups excluding carboxylic acids is 1. The summed E-state index contributed by atoms with van der Waals surface area (Å²) in [4.78, 5) is 21.3. The fourth-order valence-corrected chi connectivity index (χ4v) is 3.36. The molecule has 1 aliphatic carbocycles. The first-order chi connectivity index (χ1) is 13.0. The first kappa shape index (κ1) is 16.0. The van der Waals surface area contributed by atoms with Gasteiger partial charge in [0, 0.05) is 11.8 Å². The van der Waals surface area contributed by atoms with Gasteiger partial charge in [0.1, 0.15) is 23.8 Å². The van der Waals surface area contributed by atoms with Gasteiger partial charge in [-0.1, -0.05) is 0 Å². The van der Waals surface area contributed by atoms with Crippen LogP contribution < -0.4 is 15.4 Å². The summed E-state index contributed by atoms with van der Waals surface area (Å²) in [5, 5.41) is 10.4. The van der Waals surface area contributed by atoms with Crippen LogP contribution in [0.4, 0.5) is 10.2 Å². The van der Waals surface area contributed by atoms with Crippen molar-refractivity contribution in [3.63, 3.8) is 0 Å². The van der Waals surface area contributed by atoms with Crippen molar-refractivity contribution < 1.29 is 13.9 Å². The number of hydrogen-bond acceptors (Lipinski definition) is 6. The normalized spacial score (nSPS) is 20.7. The van der Waals surface area contributed by atoms with Gasteiger partial charge in [0.15, 0.2) is 5.65 Å². The van der Waals surface area contributed by atoms with Crippen molar-refractivity contribution in [1.29, 1.82) is 0 Å². The van der Waals surface area contributed by atoms with Crippen LogP contribution in [0.2, 0.25) is 0 Å². The molecule has 0 saturated heterocycles. The van der Waals surface area contributed by atoms with Gasteiger partial charge in [-0.3, -0.25) is 4.79 Å². The van der Waals surface area contributed by atoms with E-state index in [0.717, 1.165) is 19.0 Å². The molecule has 1 amide bonds. The highest BCUT2D eigenvalue weighted by molar-refractivity contribution is 5.99. The van der Waals surface area contributed by atoms with Gasteiger partial charge < -0.3 is 15.4 Å². The van der Waals surface area contributed by atoms with Crippen LogP contribution >= 0.6 is 0 Å². The van der Waals surface area contributed by atoms with Crippen molar-refractivity contribution in [2.45, 2.75) is 31.3 Å². The van der Waals surface area contributed by atoms with Crippen LogP contribution in [0.5, 0.6) is 5.88 Å². The lowest BCUT2D eigenvalue weighted by atomic mass is 10.1. The van der Waals surface area contributed by atoms with Crippen molar-refractivity contribution in [2.24, 2.45) is 0 Å². The predicted octanol–water partition coefficient (Wildman–Crippen LogP) is 1.88. The number of halogens is 1. The second kappa shape index (κ2) is 5.63. The summed E-state index contributed by atoms with van der Waals surface area (Å²) in [6.07, 6.45) is 5.98. The topological polar surface area (TPSA) is 93.4 Å². The van der Waals surface area contributed by atoms with E-state index in [2.05, 4.69) is 25.7 Å². The number of nitrogens with one attached hydrogen (secondary N) is 2. The highest BCUT2D eigenvalue weighted by Crippen LogP contribution is 2.50. The minimum Gasteiger partial charge on any atom is -0.475 e. The lowest BCUT2D eigenvalue weighted by Gasteiger charge is -2.22. The first-order valence-corrected chi connectivity index (χ1v) is 8.76. The molecule has 1 spiro atoms. The van der Waals surface area contributed by atoms with Gasteiger partial charge in [0.25, 0.3) is 5.91 Å². The van der Waals surface area contributed by atoms with Crippen LogP contribution in [-0.2, 0) is 5.54 Å². The third kappa shape index (κ3) is 2.66. The van der Waals surface area contributed by atoms with Crippen LogP contribution in [0.15, 0.2) is 30.7 Å². The van der Waals surface area contributed by atoms with E-state index in [0.29, 0.717) is 28.5 Å². The van der Waals surface area contributed by atoms with Gasteiger partial charge in [-0.25, -0.2) is 18.9 Å². The average Bonchev–Trinajstić information content (AvgIpc) is 3.29. The van der Waals surface area contributed by atoms with Crippen LogP contribution in [0.25, 0.3) is 5.65 Å². The number of aromatic nitrogens is 4. The molecule has 1 saturated carbocycles. The molecule has 2 aliphatic rings. The summed E-state index contributed by atoms with van der Waals surface area (Å²) in [6.45, 7) is 2.04. The van der Waals surface area contributed by atoms with Crippen molar-refractivity contribution >= 4 is 17.4 Å². The molecule has 4 heterocycles. The molecule has 3 aromatic rings. The maximum atomic E-state index is 13.9. The highest BCUT2D eigenvalue weighted by Gasteiger charge is 2.47. The first-order valence-electron chi connectivity index (χ1n) is 8.76. The smallest absolute Gasteiger partial charge is 0.257 e. The minimum atomic E-state index is -0.481. The number of hydrogen-bond donors (Lipinski definition) is 2. The standard InChI is InChI=1S/C18H17FN6O2/c1-10-9-27-17-13(6-11(19)7-20-17)18(3-4-18)24-14-2-5-25-15(23-14)12(8-21-25)16(26)22-10/h2,5-8,10H,3-4,9H2,1H3,(H,22,26)(H,23,24)/t10-/m1/s1. The number of nitrogens with zero attached hydrogens (tertiary/aromatic N) is 4. The Bertz CT molecular complexity index is 1060.